The lowest BCUT2D eigenvalue weighted by atomic mass is 10.0. The Balaban J connectivity index is 2.38. The molecule has 0 radical (unpaired) electrons. The number of hydrogen-bond acceptors (Lipinski definition) is 4. The maximum absolute atomic E-state index is 11.3. The van der Waals surface area contributed by atoms with E-state index >= 15 is 0 Å². The van der Waals surface area contributed by atoms with Gasteiger partial charge in [0.2, 0.25) is 5.91 Å². The van der Waals surface area contributed by atoms with Crippen LogP contribution in [0.3, 0.4) is 0 Å². The lowest BCUT2D eigenvalue weighted by Crippen LogP contribution is -2.20. The lowest BCUT2D eigenvalue weighted by molar-refractivity contribution is -0.383. The Kier molecular flexibility index (Phi) is 3.89. The van der Waals surface area contributed by atoms with Gasteiger partial charge in [-0.2, -0.15) is 0 Å². The van der Waals surface area contributed by atoms with Gasteiger partial charge in [-0.25, -0.2) is 0 Å². The number of carbonyl (C=O) groups is 1. The molecule has 0 saturated carbocycles. The molecular formula is C14H15N3O3. The summed E-state index contributed by atoms with van der Waals surface area (Å²) in [6.07, 6.45) is 6.69. The number of nitro groups is 1. The summed E-state index contributed by atoms with van der Waals surface area (Å²) in [5, 5.41) is 16.9. The van der Waals surface area contributed by atoms with Gasteiger partial charge in [0.05, 0.1) is 10.6 Å². The number of anilines is 2. The molecule has 6 heteroatoms. The van der Waals surface area contributed by atoms with Crippen LogP contribution in [0.25, 0.3) is 0 Å². The molecule has 20 heavy (non-hydrogen) atoms. The summed E-state index contributed by atoms with van der Waals surface area (Å²) in [5.74, 6) is 2.40. The van der Waals surface area contributed by atoms with E-state index in [2.05, 4.69) is 16.6 Å². The summed E-state index contributed by atoms with van der Waals surface area (Å²) in [7, 11) is 0. The number of hydrogen-bond donors (Lipinski definition) is 2. The normalized spacial score (nSPS) is 14.7. The van der Waals surface area contributed by atoms with E-state index in [0.29, 0.717) is 30.6 Å². The van der Waals surface area contributed by atoms with Gasteiger partial charge in [-0.05, 0) is 25.0 Å². The third kappa shape index (κ3) is 2.88. The Labute approximate surface area is 116 Å². The van der Waals surface area contributed by atoms with Crippen molar-refractivity contribution in [3.05, 3.63) is 27.8 Å². The lowest BCUT2D eigenvalue weighted by Gasteiger charge is -2.19. The molecule has 1 aromatic carbocycles. The van der Waals surface area contributed by atoms with Crippen LogP contribution in [0.5, 0.6) is 0 Å². The van der Waals surface area contributed by atoms with Gasteiger partial charge in [0.15, 0.2) is 0 Å². The minimum absolute atomic E-state index is 0.0602. The Bertz CT molecular complexity index is 604. The van der Waals surface area contributed by atoms with Gasteiger partial charge in [0.25, 0.3) is 5.69 Å². The molecule has 2 rings (SSSR count). The fourth-order valence-corrected chi connectivity index (χ4v) is 2.18. The molecule has 104 valence electrons. The van der Waals surface area contributed by atoms with E-state index in [1.165, 1.54) is 6.07 Å². The number of terminal acetylenes is 1. The largest absolute Gasteiger partial charge is 0.376 e. The quantitative estimate of drug-likeness (QED) is 0.501. The first kappa shape index (κ1) is 13.9. The number of nitro benzene ring substituents is 1. The molecule has 2 N–H and O–H groups in total. The van der Waals surface area contributed by atoms with Crippen LogP contribution in [0.2, 0.25) is 0 Å². The van der Waals surface area contributed by atoms with Crippen molar-refractivity contribution >= 4 is 23.0 Å². The second-order valence-corrected chi connectivity index (χ2v) is 4.79. The summed E-state index contributed by atoms with van der Waals surface area (Å²) in [4.78, 5) is 22.0. The molecule has 0 bridgehead atoms. The highest BCUT2D eigenvalue weighted by Crippen LogP contribution is 2.34. The highest BCUT2D eigenvalue weighted by atomic mass is 16.6. The van der Waals surface area contributed by atoms with E-state index in [1.54, 1.807) is 6.07 Å². The predicted molar refractivity (Wildman–Crippen MR) is 76.6 cm³/mol. The van der Waals surface area contributed by atoms with E-state index in [-0.39, 0.29) is 17.6 Å². The molecule has 0 aromatic heterocycles. The summed E-state index contributed by atoms with van der Waals surface area (Å²) in [6, 6.07) is 3.06. The summed E-state index contributed by atoms with van der Waals surface area (Å²) < 4.78 is 0. The molecule has 0 spiro atoms. The zero-order valence-corrected chi connectivity index (χ0v) is 11.1. The van der Waals surface area contributed by atoms with Crippen molar-refractivity contribution in [2.75, 3.05) is 10.6 Å². The topological polar surface area (TPSA) is 84.3 Å². The fraction of sp³-hybridized carbons (Fsp3) is 0.357. The smallest absolute Gasteiger partial charge is 0.294 e. The zero-order valence-electron chi connectivity index (χ0n) is 11.1. The van der Waals surface area contributed by atoms with Gasteiger partial charge in [0.1, 0.15) is 5.69 Å². The van der Waals surface area contributed by atoms with Crippen molar-refractivity contribution in [1.29, 1.82) is 0 Å². The SMILES string of the molecule is C#CCC(C)Nc1cc2c(cc1[N+](=O)[O-])NC(=O)CC2. The third-order valence-corrected chi connectivity index (χ3v) is 3.14. The number of nitrogens with one attached hydrogen (secondary N) is 2. The highest BCUT2D eigenvalue weighted by Gasteiger charge is 2.23. The van der Waals surface area contributed by atoms with Crippen LogP contribution in [0, 0.1) is 22.5 Å². The van der Waals surface area contributed by atoms with Crippen LogP contribution in [0.4, 0.5) is 17.1 Å². The average Bonchev–Trinajstić information content (AvgIpc) is 2.38. The molecule has 0 fully saturated rings. The van der Waals surface area contributed by atoms with Crippen molar-refractivity contribution in [2.24, 2.45) is 0 Å². The molecule has 1 aliphatic heterocycles. The molecule has 1 aromatic rings. The minimum atomic E-state index is -0.466. The molecular weight excluding hydrogens is 258 g/mol. The van der Waals surface area contributed by atoms with E-state index in [1.807, 2.05) is 6.92 Å². The third-order valence-electron chi connectivity index (χ3n) is 3.14. The molecule has 0 saturated heterocycles. The number of fused-ring (bicyclic) bond motifs is 1. The maximum Gasteiger partial charge on any atom is 0.294 e. The van der Waals surface area contributed by atoms with E-state index in [9.17, 15) is 14.9 Å². The Morgan fingerprint density at radius 3 is 2.95 bits per heavy atom. The predicted octanol–water partition coefficient (Wildman–Crippen LogP) is 2.30. The Morgan fingerprint density at radius 2 is 2.30 bits per heavy atom. The van der Waals surface area contributed by atoms with Gasteiger partial charge in [-0.3, -0.25) is 14.9 Å². The summed E-state index contributed by atoms with van der Waals surface area (Å²) >= 11 is 0. The molecule has 1 atom stereocenters. The van der Waals surface area contributed by atoms with Crippen LogP contribution >= 0.6 is 0 Å². The average molecular weight is 273 g/mol. The standard InChI is InChI=1S/C14H15N3O3/c1-3-4-9(2)15-12-7-10-5-6-14(18)16-11(10)8-13(12)17(19)20/h1,7-9,15H,4-6H2,2H3,(H,16,18). The second kappa shape index (κ2) is 5.61. The maximum atomic E-state index is 11.3. The molecule has 1 aliphatic rings. The van der Waals surface area contributed by atoms with Gasteiger partial charge in [-0.15, -0.1) is 12.3 Å². The molecule has 1 heterocycles. The monoisotopic (exact) mass is 273 g/mol. The van der Waals surface area contributed by atoms with Crippen LogP contribution in [0.1, 0.15) is 25.3 Å². The van der Waals surface area contributed by atoms with Crippen molar-refractivity contribution in [2.45, 2.75) is 32.2 Å². The molecule has 1 amide bonds. The first-order valence-electron chi connectivity index (χ1n) is 6.32. The number of benzene rings is 1. The van der Waals surface area contributed by atoms with Gasteiger partial charge in [-0.1, -0.05) is 0 Å². The van der Waals surface area contributed by atoms with Gasteiger partial charge in [0, 0.05) is 24.9 Å². The fourth-order valence-electron chi connectivity index (χ4n) is 2.18. The molecule has 1 unspecified atom stereocenters. The van der Waals surface area contributed by atoms with E-state index in [4.69, 9.17) is 6.42 Å². The van der Waals surface area contributed by atoms with Gasteiger partial charge >= 0.3 is 0 Å². The number of amides is 1. The number of carbonyl (C=O) groups excluding carboxylic acids is 1. The van der Waals surface area contributed by atoms with E-state index < -0.39 is 4.92 Å². The zero-order chi connectivity index (χ0) is 14.7. The first-order valence-corrected chi connectivity index (χ1v) is 6.32. The molecule has 6 nitrogen and oxygen atoms in total. The van der Waals surface area contributed by atoms with Crippen LogP contribution in [0.15, 0.2) is 12.1 Å². The van der Waals surface area contributed by atoms with Gasteiger partial charge < -0.3 is 10.6 Å². The Hall–Kier alpha value is -2.55. The summed E-state index contributed by atoms with van der Waals surface area (Å²) in [5.41, 5.74) is 1.79. The Morgan fingerprint density at radius 1 is 1.55 bits per heavy atom. The number of nitrogens with zero attached hydrogens (tertiary/aromatic N) is 1. The van der Waals surface area contributed by atoms with E-state index in [0.717, 1.165) is 5.56 Å². The first-order chi connectivity index (χ1) is 9.51. The number of aryl methyl sites for hydroxylation is 1. The summed E-state index contributed by atoms with van der Waals surface area (Å²) in [6.45, 7) is 1.87. The van der Waals surface area contributed by atoms with Crippen LogP contribution in [-0.2, 0) is 11.2 Å². The van der Waals surface area contributed by atoms with Crippen molar-refractivity contribution in [3.63, 3.8) is 0 Å². The number of rotatable bonds is 4. The van der Waals surface area contributed by atoms with Crippen LogP contribution in [-0.4, -0.2) is 16.9 Å². The van der Waals surface area contributed by atoms with Crippen molar-refractivity contribution < 1.29 is 9.72 Å². The van der Waals surface area contributed by atoms with Crippen molar-refractivity contribution in [3.8, 4) is 12.3 Å². The second-order valence-electron chi connectivity index (χ2n) is 4.79. The van der Waals surface area contributed by atoms with Crippen LogP contribution < -0.4 is 10.6 Å². The minimum Gasteiger partial charge on any atom is -0.376 e. The highest BCUT2D eigenvalue weighted by molar-refractivity contribution is 5.95. The van der Waals surface area contributed by atoms with Crippen molar-refractivity contribution in [1.82, 2.24) is 0 Å². The molecule has 0 aliphatic carbocycles.